The molecule has 2 nitrogen and oxygen atoms in total. The Kier molecular flexibility index (Phi) is 3.89. The van der Waals surface area contributed by atoms with Gasteiger partial charge in [0.05, 0.1) is 0 Å². The molecule has 1 aromatic rings. The number of nitrogen functional groups attached to an aromatic ring is 1. The average Bonchev–Trinajstić information content (AvgIpc) is 2.19. The van der Waals surface area contributed by atoms with E-state index in [1.54, 1.807) is 6.92 Å². The number of Topliss-reactive ketones (excluding diaryl/α,β-unsaturated/α-hetero) is 1. The highest BCUT2D eigenvalue weighted by Crippen LogP contribution is 2.16. The second-order valence-electron chi connectivity index (χ2n) is 4.24. The Morgan fingerprint density at radius 1 is 1.47 bits per heavy atom. The summed E-state index contributed by atoms with van der Waals surface area (Å²) in [5, 5.41) is 0. The van der Waals surface area contributed by atoms with Gasteiger partial charge in [0.2, 0.25) is 0 Å². The Morgan fingerprint density at radius 3 is 2.67 bits per heavy atom. The number of hydrogen-bond donors (Lipinski definition) is 1. The molecule has 2 N–H and O–H groups in total. The lowest BCUT2D eigenvalue weighted by Gasteiger charge is -2.08. The van der Waals surface area contributed by atoms with E-state index in [9.17, 15) is 4.79 Å². The predicted molar refractivity (Wildman–Crippen MR) is 63.8 cm³/mol. The Balaban J connectivity index is 2.58. The normalized spacial score (nSPS) is 12.5. The van der Waals surface area contributed by atoms with Crippen LogP contribution in [-0.2, 0) is 11.2 Å². The molecule has 1 rings (SSSR count). The Hall–Kier alpha value is -1.31. The third-order valence-electron chi connectivity index (χ3n) is 2.90. The average molecular weight is 205 g/mol. The van der Waals surface area contributed by atoms with Crippen molar-refractivity contribution in [3.63, 3.8) is 0 Å². The zero-order chi connectivity index (χ0) is 11.4. The second-order valence-corrected chi connectivity index (χ2v) is 4.24. The summed E-state index contributed by atoms with van der Waals surface area (Å²) in [6.45, 7) is 5.62. The standard InChI is InChI=1S/C13H19NO/c1-9(11(3)15)4-6-12-7-5-10(2)13(14)8-12/h5,7-9H,4,6,14H2,1-3H3/t9-/m0/s1. The maximum Gasteiger partial charge on any atom is 0.132 e. The van der Waals surface area contributed by atoms with Crippen molar-refractivity contribution in [1.82, 2.24) is 0 Å². The first kappa shape index (κ1) is 11.8. The summed E-state index contributed by atoms with van der Waals surface area (Å²) >= 11 is 0. The zero-order valence-corrected chi connectivity index (χ0v) is 9.71. The largest absolute Gasteiger partial charge is 0.399 e. The molecule has 0 spiro atoms. The van der Waals surface area contributed by atoms with E-state index in [2.05, 4.69) is 6.07 Å². The van der Waals surface area contributed by atoms with E-state index in [-0.39, 0.29) is 11.7 Å². The summed E-state index contributed by atoms with van der Waals surface area (Å²) in [6, 6.07) is 6.11. The third kappa shape index (κ3) is 3.39. The van der Waals surface area contributed by atoms with Crippen LogP contribution >= 0.6 is 0 Å². The lowest BCUT2D eigenvalue weighted by Crippen LogP contribution is -2.07. The summed E-state index contributed by atoms with van der Waals surface area (Å²) < 4.78 is 0. The Bertz CT molecular complexity index is 358. The molecular weight excluding hydrogens is 186 g/mol. The minimum atomic E-state index is 0.146. The molecule has 2 heteroatoms. The van der Waals surface area contributed by atoms with Crippen LogP contribution in [0.1, 0.15) is 31.4 Å². The molecule has 0 aliphatic carbocycles. The van der Waals surface area contributed by atoms with Gasteiger partial charge >= 0.3 is 0 Å². The molecule has 0 aromatic heterocycles. The van der Waals surface area contributed by atoms with E-state index < -0.39 is 0 Å². The van der Waals surface area contributed by atoms with Gasteiger partial charge in [-0.15, -0.1) is 0 Å². The van der Waals surface area contributed by atoms with Gasteiger partial charge < -0.3 is 5.73 Å². The van der Waals surface area contributed by atoms with Gasteiger partial charge in [-0.25, -0.2) is 0 Å². The molecule has 1 atom stereocenters. The fourth-order valence-electron chi connectivity index (χ4n) is 1.43. The zero-order valence-electron chi connectivity index (χ0n) is 9.71. The number of hydrogen-bond acceptors (Lipinski definition) is 2. The van der Waals surface area contributed by atoms with Crippen LogP contribution in [0.5, 0.6) is 0 Å². The number of anilines is 1. The lowest BCUT2D eigenvalue weighted by molar-refractivity contribution is -0.120. The van der Waals surface area contributed by atoms with Gasteiger partial charge in [-0.1, -0.05) is 19.1 Å². The van der Waals surface area contributed by atoms with Gasteiger partial charge in [0.25, 0.3) is 0 Å². The number of nitrogens with two attached hydrogens (primary N) is 1. The van der Waals surface area contributed by atoms with Crippen molar-refractivity contribution < 1.29 is 4.79 Å². The van der Waals surface area contributed by atoms with E-state index in [4.69, 9.17) is 5.73 Å². The fourth-order valence-corrected chi connectivity index (χ4v) is 1.43. The van der Waals surface area contributed by atoms with Crippen molar-refractivity contribution in [1.29, 1.82) is 0 Å². The maximum atomic E-state index is 11.1. The van der Waals surface area contributed by atoms with Gasteiger partial charge in [0.1, 0.15) is 5.78 Å². The van der Waals surface area contributed by atoms with Crippen molar-refractivity contribution in [3.8, 4) is 0 Å². The Labute approximate surface area is 91.5 Å². The first-order valence-electron chi connectivity index (χ1n) is 5.36. The van der Waals surface area contributed by atoms with Gasteiger partial charge in [-0.3, -0.25) is 4.79 Å². The number of rotatable bonds is 4. The van der Waals surface area contributed by atoms with Crippen LogP contribution in [0.15, 0.2) is 18.2 Å². The summed E-state index contributed by atoms with van der Waals surface area (Å²) in [5.41, 5.74) is 8.98. The third-order valence-corrected chi connectivity index (χ3v) is 2.90. The molecule has 0 saturated heterocycles. The van der Waals surface area contributed by atoms with Crippen LogP contribution in [0.4, 0.5) is 5.69 Å². The van der Waals surface area contributed by atoms with Gasteiger partial charge in [0.15, 0.2) is 0 Å². The minimum absolute atomic E-state index is 0.146. The molecule has 0 saturated carbocycles. The fraction of sp³-hybridized carbons (Fsp3) is 0.462. The maximum absolute atomic E-state index is 11.1. The van der Waals surface area contributed by atoms with Crippen LogP contribution < -0.4 is 5.73 Å². The van der Waals surface area contributed by atoms with Crippen LogP contribution in [0.2, 0.25) is 0 Å². The molecule has 0 amide bonds. The molecule has 0 unspecified atom stereocenters. The van der Waals surface area contributed by atoms with Crippen LogP contribution in [0, 0.1) is 12.8 Å². The number of carbonyl (C=O) groups is 1. The van der Waals surface area contributed by atoms with Crippen molar-refractivity contribution in [3.05, 3.63) is 29.3 Å². The van der Waals surface area contributed by atoms with Crippen molar-refractivity contribution in [2.24, 2.45) is 5.92 Å². The molecule has 0 fully saturated rings. The second kappa shape index (κ2) is 4.96. The lowest BCUT2D eigenvalue weighted by atomic mass is 9.97. The highest BCUT2D eigenvalue weighted by molar-refractivity contribution is 5.77. The van der Waals surface area contributed by atoms with Crippen molar-refractivity contribution in [2.45, 2.75) is 33.6 Å². The molecule has 15 heavy (non-hydrogen) atoms. The molecule has 1 aromatic carbocycles. The topological polar surface area (TPSA) is 43.1 Å². The van der Waals surface area contributed by atoms with Gasteiger partial charge in [-0.2, -0.15) is 0 Å². The SMILES string of the molecule is CC(=O)[C@@H](C)CCc1ccc(C)c(N)c1. The van der Waals surface area contributed by atoms with Crippen LogP contribution in [0.25, 0.3) is 0 Å². The quantitative estimate of drug-likeness (QED) is 0.768. The van der Waals surface area contributed by atoms with Gasteiger partial charge in [-0.05, 0) is 43.9 Å². The predicted octanol–water partition coefficient (Wildman–Crippen LogP) is 2.73. The summed E-state index contributed by atoms with van der Waals surface area (Å²) in [4.78, 5) is 11.1. The smallest absolute Gasteiger partial charge is 0.132 e. The van der Waals surface area contributed by atoms with Crippen molar-refractivity contribution in [2.75, 3.05) is 5.73 Å². The van der Waals surface area contributed by atoms with Gasteiger partial charge in [0, 0.05) is 11.6 Å². The van der Waals surface area contributed by atoms with E-state index in [0.717, 1.165) is 24.1 Å². The molecule has 0 bridgehead atoms. The first-order valence-corrected chi connectivity index (χ1v) is 5.36. The van der Waals surface area contributed by atoms with Crippen molar-refractivity contribution >= 4 is 11.5 Å². The minimum Gasteiger partial charge on any atom is -0.399 e. The Morgan fingerprint density at radius 2 is 2.13 bits per heavy atom. The number of carbonyl (C=O) groups excluding carboxylic acids is 1. The monoisotopic (exact) mass is 205 g/mol. The highest BCUT2D eigenvalue weighted by atomic mass is 16.1. The summed E-state index contributed by atoms with van der Waals surface area (Å²) in [7, 11) is 0. The molecule has 0 radical (unpaired) electrons. The first-order chi connectivity index (χ1) is 7.00. The summed E-state index contributed by atoms with van der Waals surface area (Å²) in [5.74, 6) is 0.405. The highest BCUT2D eigenvalue weighted by Gasteiger charge is 2.07. The van der Waals surface area contributed by atoms with E-state index >= 15 is 0 Å². The number of aryl methyl sites for hydroxylation is 2. The number of benzene rings is 1. The molecular formula is C13H19NO. The molecule has 82 valence electrons. The summed E-state index contributed by atoms with van der Waals surface area (Å²) in [6.07, 6.45) is 1.82. The van der Waals surface area contributed by atoms with E-state index in [1.807, 2.05) is 26.0 Å². The van der Waals surface area contributed by atoms with Crippen LogP contribution in [-0.4, -0.2) is 5.78 Å². The van der Waals surface area contributed by atoms with E-state index in [0.29, 0.717) is 0 Å². The molecule has 0 aliphatic heterocycles. The van der Waals surface area contributed by atoms with Crippen LogP contribution in [0.3, 0.4) is 0 Å². The molecule has 0 heterocycles. The molecule has 0 aliphatic rings. The van der Waals surface area contributed by atoms with E-state index in [1.165, 1.54) is 5.56 Å². The number of ketones is 1.